The molecule has 1 saturated heterocycles. The molecule has 2 aromatic carbocycles. The largest absolute Gasteiger partial charge is 0.381 e. The second-order valence-electron chi connectivity index (χ2n) is 9.57. The number of primary amides is 1. The van der Waals surface area contributed by atoms with Crippen molar-refractivity contribution in [3.63, 3.8) is 0 Å². The summed E-state index contributed by atoms with van der Waals surface area (Å²) in [5.41, 5.74) is 13.6. The van der Waals surface area contributed by atoms with Crippen molar-refractivity contribution in [2.24, 2.45) is 11.7 Å². The number of benzene rings is 2. The Bertz CT molecular complexity index is 1690. The second-order valence-corrected chi connectivity index (χ2v) is 9.57. The minimum atomic E-state index is -0.568. The van der Waals surface area contributed by atoms with Crippen LogP contribution in [0.1, 0.15) is 41.4 Å². The van der Waals surface area contributed by atoms with E-state index in [0.29, 0.717) is 23.7 Å². The van der Waals surface area contributed by atoms with Crippen LogP contribution in [0.5, 0.6) is 0 Å². The standard InChI is InChI=1S/C24H23NO2.C7H9N5O/c1-2-21-17-20-8-6-7-19(12-11-18-13-15-27-16-14-18)23(20)24(26)25(21)22-9-4-3-5-10-22;8-5-4(6(9)13)7-10-2-1-3-12(7)11-5/h3-10,17-18H,2,13-16H2,1H3;1,3,10H,2H2,(H2,8,11)(H2,9,13). The SMILES string of the molecule is CCc1cc2cccc(C#CC3CCOCC3)c2c(=O)n1-c1ccccc1.NC(=O)c1c(N)nn2c1NCC=C2. The quantitative estimate of drug-likeness (QED) is 0.342. The molecule has 9 nitrogen and oxygen atoms in total. The summed E-state index contributed by atoms with van der Waals surface area (Å²) in [6.07, 6.45) is 6.31. The number of carbonyl (C=O) groups excluding carboxylic acids is 1. The summed E-state index contributed by atoms with van der Waals surface area (Å²) >= 11 is 0. The van der Waals surface area contributed by atoms with Crippen LogP contribution in [0, 0.1) is 17.8 Å². The van der Waals surface area contributed by atoms with Crippen molar-refractivity contribution in [1.82, 2.24) is 14.3 Å². The highest BCUT2D eigenvalue weighted by molar-refractivity contribution is 6.02. The van der Waals surface area contributed by atoms with E-state index in [4.69, 9.17) is 16.2 Å². The lowest BCUT2D eigenvalue weighted by molar-refractivity contribution is 0.0807. The maximum atomic E-state index is 13.5. The fraction of sp³-hybridized carbons (Fsp3) is 0.258. The molecule has 204 valence electrons. The monoisotopic (exact) mass is 536 g/mol. The molecule has 40 heavy (non-hydrogen) atoms. The van der Waals surface area contributed by atoms with E-state index >= 15 is 0 Å². The molecular formula is C31H32N6O3. The van der Waals surface area contributed by atoms with Gasteiger partial charge in [0.25, 0.3) is 11.5 Å². The number of pyridine rings is 1. The van der Waals surface area contributed by atoms with Gasteiger partial charge in [-0.15, -0.1) is 5.10 Å². The van der Waals surface area contributed by atoms with Crippen LogP contribution in [0.3, 0.4) is 0 Å². The highest BCUT2D eigenvalue weighted by Gasteiger charge is 2.20. The number of nitrogens with one attached hydrogen (secondary N) is 1. The number of carbonyl (C=O) groups is 1. The lowest BCUT2D eigenvalue weighted by atomic mass is 9.99. The van der Waals surface area contributed by atoms with Gasteiger partial charge in [-0.1, -0.05) is 49.1 Å². The molecule has 0 unspecified atom stereocenters. The predicted octanol–water partition coefficient (Wildman–Crippen LogP) is 3.79. The molecule has 0 spiro atoms. The van der Waals surface area contributed by atoms with Gasteiger partial charge in [-0.25, -0.2) is 4.68 Å². The van der Waals surface area contributed by atoms with E-state index in [-0.39, 0.29) is 16.9 Å². The van der Waals surface area contributed by atoms with Crippen molar-refractivity contribution < 1.29 is 9.53 Å². The Balaban J connectivity index is 0.000000207. The molecule has 4 aromatic rings. The normalized spacial score (nSPS) is 14.3. The molecule has 4 heterocycles. The molecule has 1 amide bonds. The van der Waals surface area contributed by atoms with Gasteiger partial charge >= 0.3 is 0 Å². The summed E-state index contributed by atoms with van der Waals surface area (Å²) < 4.78 is 8.73. The van der Waals surface area contributed by atoms with Gasteiger partial charge in [0.2, 0.25) is 0 Å². The van der Waals surface area contributed by atoms with Gasteiger partial charge in [0.05, 0.1) is 5.39 Å². The Labute approximate surface area is 232 Å². The Morgan fingerprint density at radius 1 is 1.15 bits per heavy atom. The summed E-state index contributed by atoms with van der Waals surface area (Å²) in [7, 11) is 0. The summed E-state index contributed by atoms with van der Waals surface area (Å²) in [5.74, 6) is 7.16. The Morgan fingerprint density at radius 2 is 1.93 bits per heavy atom. The molecule has 2 aliphatic rings. The van der Waals surface area contributed by atoms with Crippen LogP contribution in [-0.2, 0) is 11.2 Å². The first-order valence-corrected chi connectivity index (χ1v) is 13.4. The van der Waals surface area contributed by atoms with E-state index in [1.54, 1.807) is 6.20 Å². The second kappa shape index (κ2) is 11.9. The maximum absolute atomic E-state index is 13.5. The Hall–Kier alpha value is -4.81. The molecule has 0 bridgehead atoms. The average Bonchev–Trinajstić information content (AvgIpc) is 3.33. The first-order valence-electron chi connectivity index (χ1n) is 13.4. The molecule has 5 N–H and O–H groups in total. The first-order chi connectivity index (χ1) is 19.5. The number of para-hydroxylation sites is 1. The van der Waals surface area contributed by atoms with Crippen molar-refractivity contribution in [3.8, 4) is 17.5 Å². The zero-order valence-electron chi connectivity index (χ0n) is 22.4. The van der Waals surface area contributed by atoms with E-state index < -0.39 is 5.91 Å². The van der Waals surface area contributed by atoms with E-state index in [2.05, 4.69) is 35.2 Å². The number of fused-ring (bicyclic) bond motifs is 2. The fourth-order valence-electron chi connectivity index (χ4n) is 4.94. The topological polar surface area (TPSA) is 130 Å². The molecule has 2 aromatic heterocycles. The zero-order valence-corrected chi connectivity index (χ0v) is 22.4. The third kappa shape index (κ3) is 5.48. The number of nitrogens with two attached hydrogens (primary N) is 2. The van der Waals surface area contributed by atoms with Crippen LogP contribution in [0.15, 0.2) is 65.5 Å². The van der Waals surface area contributed by atoms with Gasteiger partial charge in [-0.05, 0) is 55.0 Å². The first kappa shape index (κ1) is 26.8. The van der Waals surface area contributed by atoms with E-state index in [1.165, 1.54) is 4.68 Å². The lowest BCUT2D eigenvalue weighted by Crippen LogP contribution is -2.22. The molecule has 9 heteroatoms. The number of hydrogen-bond acceptors (Lipinski definition) is 6. The molecule has 0 atom stereocenters. The van der Waals surface area contributed by atoms with Gasteiger partial charge in [0, 0.05) is 48.8 Å². The molecular weight excluding hydrogens is 504 g/mol. The van der Waals surface area contributed by atoms with Gasteiger partial charge in [0.1, 0.15) is 11.4 Å². The molecule has 0 saturated carbocycles. The highest BCUT2D eigenvalue weighted by Crippen LogP contribution is 2.23. The van der Waals surface area contributed by atoms with Crippen LogP contribution < -0.4 is 22.3 Å². The van der Waals surface area contributed by atoms with E-state index in [1.807, 2.05) is 59.2 Å². The van der Waals surface area contributed by atoms with Crippen molar-refractivity contribution >= 4 is 34.5 Å². The number of ether oxygens (including phenoxy) is 1. The van der Waals surface area contributed by atoms with E-state index in [9.17, 15) is 9.59 Å². The number of anilines is 2. The molecule has 1 fully saturated rings. The third-order valence-corrected chi connectivity index (χ3v) is 6.95. The number of amides is 1. The van der Waals surface area contributed by atoms with Gasteiger partial charge in [-0.2, -0.15) is 0 Å². The number of nitrogens with zero attached hydrogens (tertiary/aromatic N) is 3. The summed E-state index contributed by atoms with van der Waals surface area (Å²) in [5, 5.41) is 8.55. The third-order valence-electron chi connectivity index (χ3n) is 6.95. The molecule has 0 aliphatic carbocycles. The number of aryl methyl sites for hydroxylation is 1. The van der Waals surface area contributed by atoms with E-state index in [0.717, 1.165) is 54.8 Å². The van der Waals surface area contributed by atoms with Gasteiger partial charge < -0.3 is 21.5 Å². The van der Waals surface area contributed by atoms with Crippen LogP contribution in [0.4, 0.5) is 11.6 Å². The molecule has 6 rings (SSSR count). The lowest BCUT2D eigenvalue weighted by Gasteiger charge is -2.16. The molecule has 2 aliphatic heterocycles. The van der Waals surface area contributed by atoms with Crippen LogP contribution in [0.25, 0.3) is 22.7 Å². The Morgan fingerprint density at radius 3 is 2.65 bits per heavy atom. The summed E-state index contributed by atoms with van der Waals surface area (Å²) in [6, 6.07) is 17.9. The molecule has 0 radical (unpaired) electrons. The summed E-state index contributed by atoms with van der Waals surface area (Å²) in [4.78, 5) is 24.4. The number of rotatable bonds is 3. The van der Waals surface area contributed by atoms with Crippen LogP contribution >= 0.6 is 0 Å². The van der Waals surface area contributed by atoms with Crippen LogP contribution in [-0.4, -0.2) is 40.0 Å². The number of nitrogen functional groups attached to an aromatic ring is 1. The van der Waals surface area contributed by atoms with Crippen LogP contribution in [0.2, 0.25) is 0 Å². The maximum Gasteiger partial charge on any atom is 0.264 e. The van der Waals surface area contributed by atoms with Crippen molar-refractivity contribution in [3.05, 3.63) is 87.8 Å². The summed E-state index contributed by atoms with van der Waals surface area (Å²) in [6.45, 7) is 4.27. The highest BCUT2D eigenvalue weighted by atomic mass is 16.5. The van der Waals surface area contributed by atoms with Gasteiger partial charge in [0.15, 0.2) is 5.82 Å². The minimum absolute atomic E-state index is 0.00688. The number of hydrogen-bond donors (Lipinski definition) is 3. The average molecular weight is 537 g/mol. The minimum Gasteiger partial charge on any atom is -0.381 e. The smallest absolute Gasteiger partial charge is 0.264 e. The Kier molecular flexibility index (Phi) is 7.99. The van der Waals surface area contributed by atoms with Gasteiger partial charge in [-0.3, -0.25) is 14.2 Å². The zero-order chi connectivity index (χ0) is 28.1. The van der Waals surface area contributed by atoms with Crippen molar-refractivity contribution in [2.45, 2.75) is 26.2 Å². The fourth-order valence-corrected chi connectivity index (χ4v) is 4.94. The van der Waals surface area contributed by atoms with Crippen molar-refractivity contribution in [1.29, 1.82) is 0 Å². The number of aromatic nitrogens is 3. The predicted molar refractivity (Wildman–Crippen MR) is 158 cm³/mol. The van der Waals surface area contributed by atoms with Crippen molar-refractivity contribution in [2.75, 3.05) is 30.8 Å².